The predicted octanol–water partition coefficient (Wildman–Crippen LogP) is 3.72. The Morgan fingerprint density at radius 2 is 2.18 bits per heavy atom. The molecule has 2 aliphatic heterocycles. The van der Waals surface area contributed by atoms with E-state index in [9.17, 15) is 0 Å². The summed E-state index contributed by atoms with van der Waals surface area (Å²) in [4.78, 5) is 2.50. The molecule has 1 N–H and O–H groups in total. The van der Waals surface area contributed by atoms with E-state index in [1.54, 1.807) is 0 Å². The van der Waals surface area contributed by atoms with Crippen molar-refractivity contribution >= 4 is 11.4 Å². The Bertz CT molecular complexity index is 480. The monoisotopic (exact) mass is 226 g/mol. The van der Waals surface area contributed by atoms with Gasteiger partial charge in [0.15, 0.2) is 0 Å². The average molecular weight is 226 g/mol. The molecular weight excluding hydrogens is 208 g/mol. The van der Waals surface area contributed by atoms with Crippen LogP contribution in [-0.4, -0.2) is 5.66 Å². The highest BCUT2D eigenvalue weighted by atomic mass is 15.4. The van der Waals surface area contributed by atoms with E-state index < -0.39 is 0 Å². The number of benzene rings is 1. The number of anilines is 2. The van der Waals surface area contributed by atoms with Gasteiger partial charge in [0.1, 0.15) is 5.66 Å². The second kappa shape index (κ2) is 3.28. The first-order valence-electron chi connectivity index (χ1n) is 6.73. The van der Waals surface area contributed by atoms with Crippen LogP contribution in [0.1, 0.15) is 32.1 Å². The smallest absolute Gasteiger partial charge is 0.118 e. The van der Waals surface area contributed by atoms with Crippen LogP contribution < -0.4 is 10.2 Å². The molecule has 0 amide bonds. The predicted molar refractivity (Wildman–Crippen MR) is 71.0 cm³/mol. The van der Waals surface area contributed by atoms with Gasteiger partial charge in [0.25, 0.3) is 0 Å². The number of nitrogens with one attached hydrogen (secondary N) is 1. The Labute approximate surface area is 102 Å². The van der Waals surface area contributed by atoms with Crippen molar-refractivity contribution in [3.8, 4) is 0 Å². The van der Waals surface area contributed by atoms with Gasteiger partial charge in [-0.05, 0) is 37.8 Å². The van der Waals surface area contributed by atoms with Gasteiger partial charge in [-0.15, -0.1) is 0 Å². The molecule has 1 spiro atoms. The number of hydrogen-bond donors (Lipinski definition) is 1. The first-order valence-corrected chi connectivity index (χ1v) is 6.73. The average Bonchev–Trinajstić information content (AvgIpc) is 2.71. The van der Waals surface area contributed by atoms with Crippen LogP contribution >= 0.6 is 0 Å². The second-order valence-corrected chi connectivity index (χ2v) is 5.50. The largest absolute Gasteiger partial charge is 0.360 e. The van der Waals surface area contributed by atoms with E-state index in [4.69, 9.17) is 0 Å². The topological polar surface area (TPSA) is 15.3 Å². The van der Waals surface area contributed by atoms with E-state index in [2.05, 4.69) is 46.8 Å². The lowest BCUT2D eigenvalue weighted by molar-refractivity contribution is 0.214. The van der Waals surface area contributed by atoms with Crippen LogP contribution in [-0.2, 0) is 0 Å². The standard InChI is InChI=1S/C15H18N2/c1-2-9-14-13(8-1)16-15-10-4-3-6-12(15)7-5-11-17(14)15/h1-2,5,8-9,11-12,16H,3-4,6-7,10H2. The molecule has 88 valence electrons. The summed E-state index contributed by atoms with van der Waals surface area (Å²) >= 11 is 0. The van der Waals surface area contributed by atoms with Gasteiger partial charge in [0.2, 0.25) is 0 Å². The third-order valence-electron chi connectivity index (χ3n) is 4.66. The van der Waals surface area contributed by atoms with Crippen molar-refractivity contribution in [1.82, 2.24) is 0 Å². The van der Waals surface area contributed by atoms with Gasteiger partial charge < -0.3 is 10.2 Å². The number of nitrogens with zero attached hydrogens (tertiary/aromatic N) is 1. The summed E-state index contributed by atoms with van der Waals surface area (Å²) in [6.07, 6.45) is 11.3. The van der Waals surface area contributed by atoms with Gasteiger partial charge >= 0.3 is 0 Å². The zero-order valence-corrected chi connectivity index (χ0v) is 10.0. The quantitative estimate of drug-likeness (QED) is 0.725. The molecule has 1 aromatic rings. The summed E-state index contributed by atoms with van der Waals surface area (Å²) in [7, 11) is 0. The molecule has 0 radical (unpaired) electrons. The van der Waals surface area contributed by atoms with E-state index in [1.165, 1.54) is 43.5 Å². The number of hydrogen-bond acceptors (Lipinski definition) is 2. The Hall–Kier alpha value is -1.44. The summed E-state index contributed by atoms with van der Waals surface area (Å²) in [5.41, 5.74) is 2.86. The third-order valence-corrected chi connectivity index (χ3v) is 4.66. The Morgan fingerprint density at radius 1 is 1.24 bits per heavy atom. The van der Waals surface area contributed by atoms with Crippen molar-refractivity contribution in [3.05, 3.63) is 36.5 Å². The van der Waals surface area contributed by atoms with E-state index in [0.717, 1.165) is 5.92 Å². The Balaban J connectivity index is 1.86. The number of allylic oxidation sites excluding steroid dienone is 1. The fourth-order valence-corrected chi connectivity index (χ4v) is 3.86. The molecule has 17 heavy (non-hydrogen) atoms. The molecule has 3 aliphatic rings. The molecule has 0 bridgehead atoms. The van der Waals surface area contributed by atoms with Gasteiger partial charge in [-0.25, -0.2) is 0 Å². The normalized spacial score (nSPS) is 33.6. The van der Waals surface area contributed by atoms with Crippen LogP contribution in [0.15, 0.2) is 36.5 Å². The molecule has 1 saturated carbocycles. The number of fused-ring (bicyclic) bond motifs is 2. The number of para-hydroxylation sites is 2. The first-order chi connectivity index (χ1) is 8.40. The van der Waals surface area contributed by atoms with Gasteiger partial charge in [-0.1, -0.05) is 24.6 Å². The van der Waals surface area contributed by atoms with Crippen LogP contribution in [0, 0.1) is 5.92 Å². The molecule has 0 saturated heterocycles. The molecule has 2 nitrogen and oxygen atoms in total. The Morgan fingerprint density at radius 3 is 3.18 bits per heavy atom. The maximum Gasteiger partial charge on any atom is 0.118 e. The second-order valence-electron chi connectivity index (χ2n) is 5.50. The summed E-state index contributed by atoms with van der Waals surface area (Å²) in [6, 6.07) is 8.71. The van der Waals surface area contributed by atoms with Crippen LogP contribution in [0.4, 0.5) is 11.4 Å². The summed E-state index contributed by atoms with van der Waals surface area (Å²) in [5, 5.41) is 3.83. The minimum Gasteiger partial charge on any atom is -0.360 e. The maximum absolute atomic E-state index is 3.83. The lowest BCUT2D eigenvalue weighted by atomic mass is 9.75. The maximum atomic E-state index is 3.83. The van der Waals surface area contributed by atoms with Crippen molar-refractivity contribution in [2.45, 2.75) is 37.8 Å². The van der Waals surface area contributed by atoms with E-state index in [-0.39, 0.29) is 5.66 Å². The minimum atomic E-state index is 0.191. The van der Waals surface area contributed by atoms with Crippen LogP contribution in [0.3, 0.4) is 0 Å². The molecule has 1 aromatic carbocycles. The zero-order chi connectivity index (χ0) is 11.3. The third kappa shape index (κ3) is 1.16. The lowest BCUT2D eigenvalue weighted by Gasteiger charge is -2.49. The highest BCUT2D eigenvalue weighted by molar-refractivity contribution is 5.79. The van der Waals surface area contributed by atoms with Crippen LogP contribution in [0.2, 0.25) is 0 Å². The fraction of sp³-hybridized carbons (Fsp3) is 0.467. The SMILES string of the molecule is C1=CN2c3ccccc3NC23CCCCC3C1. The Kier molecular flexibility index (Phi) is 1.85. The van der Waals surface area contributed by atoms with Crippen molar-refractivity contribution in [2.75, 3.05) is 10.2 Å². The van der Waals surface area contributed by atoms with E-state index >= 15 is 0 Å². The molecule has 2 heterocycles. The lowest BCUT2D eigenvalue weighted by Crippen LogP contribution is -2.57. The van der Waals surface area contributed by atoms with E-state index in [0.29, 0.717) is 0 Å². The molecule has 2 heteroatoms. The van der Waals surface area contributed by atoms with E-state index in [1.807, 2.05) is 0 Å². The van der Waals surface area contributed by atoms with Gasteiger partial charge in [0, 0.05) is 12.1 Å². The van der Waals surface area contributed by atoms with Crippen molar-refractivity contribution in [1.29, 1.82) is 0 Å². The molecule has 0 aromatic heterocycles. The molecule has 2 unspecified atom stereocenters. The molecule has 1 fully saturated rings. The van der Waals surface area contributed by atoms with Crippen molar-refractivity contribution in [2.24, 2.45) is 5.92 Å². The number of rotatable bonds is 0. The van der Waals surface area contributed by atoms with Crippen molar-refractivity contribution in [3.63, 3.8) is 0 Å². The minimum absolute atomic E-state index is 0.191. The molecular formula is C15H18N2. The van der Waals surface area contributed by atoms with Crippen molar-refractivity contribution < 1.29 is 0 Å². The highest BCUT2D eigenvalue weighted by Gasteiger charge is 2.50. The van der Waals surface area contributed by atoms with Crippen LogP contribution in [0.25, 0.3) is 0 Å². The van der Waals surface area contributed by atoms with Crippen LogP contribution in [0.5, 0.6) is 0 Å². The van der Waals surface area contributed by atoms with Gasteiger partial charge in [-0.3, -0.25) is 0 Å². The van der Waals surface area contributed by atoms with Gasteiger partial charge in [0.05, 0.1) is 11.4 Å². The molecule has 4 rings (SSSR count). The zero-order valence-electron chi connectivity index (χ0n) is 10.0. The molecule has 2 atom stereocenters. The molecule has 1 aliphatic carbocycles. The summed E-state index contributed by atoms with van der Waals surface area (Å²) in [6.45, 7) is 0. The summed E-state index contributed by atoms with van der Waals surface area (Å²) in [5.74, 6) is 0.772. The fourth-order valence-electron chi connectivity index (χ4n) is 3.86. The van der Waals surface area contributed by atoms with Gasteiger partial charge in [-0.2, -0.15) is 0 Å². The summed E-state index contributed by atoms with van der Waals surface area (Å²) < 4.78 is 0. The highest BCUT2D eigenvalue weighted by Crippen LogP contribution is 2.51. The first kappa shape index (κ1) is 9.58.